The highest BCUT2D eigenvalue weighted by Gasteiger charge is 2.19. The minimum atomic E-state index is -0.437. The summed E-state index contributed by atoms with van der Waals surface area (Å²) in [6, 6.07) is 6.88. The molecule has 0 N–H and O–H groups in total. The molecule has 414 valence electrons. The van der Waals surface area contributed by atoms with E-state index in [0.717, 1.165) is 51.4 Å². The number of ether oxygens (including phenoxy) is 4. The number of carbonyl (C=O) groups excluding carboxylic acids is 4. The fourth-order valence-electron chi connectivity index (χ4n) is 9.62. The van der Waals surface area contributed by atoms with Crippen LogP contribution in [0.15, 0.2) is 49.6 Å². The maximum Gasteiger partial charge on any atom is 0.339 e. The normalized spacial score (nSPS) is 11.1. The van der Waals surface area contributed by atoms with Crippen molar-refractivity contribution in [1.29, 1.82) is 0 Å². The van der Waals surface area contributed by atoms with Gasteiger partial charge in [-0.15, -0.1) is 0 Å². The van der Waals surface area contributed by atoms with Gasteiger partial charge in [0.15, 0.2) is 0 Å². The molecule has 0 aliphatic rings. The lowest BCUT2D eigenvalue weighted by Gasteiger charge is -2.10. The van der Waals surface area contributed by atoms with Crippen LogP contribution in [0.4, 0.5) is 0 Å². The topological polar surface area (TPSA) is 105 Å². The second kappa shape index (κ2) is 53.9. The van der Waals surface area contributed by atoms with Crippen molar-refractivity contribution in [2.24, 2.45) is 0 Å². The highest BCUT2D eigenvalue weighted by atomic mass is 16.5. The molecule has 1 aromatic carbocycles. The van der Waals surface area contributed by atoms with Gasteiger partial charge < -0.3 is 18.9 Å². The van der Waals surface area contributed by atoms with Crippen LogP contribution in [0.25, 0.3) is 0 Å². The predicted octanol–water partition coefficient (Wildman–Crippen LogP) is 19.4. The van der Waals surface area contributed by atoms with E-state index in [1.165, 1.54) is 256 Å². The van der Waals surface area contributed by atoms with E-state index in [0.29, 0.717) is 37.6 Å². The predicted molar refractivity (Wildman–Crippen MR) is 302 cm³/mol. The Morgan fingerprint density at radius 2 is 0.417 bits per heavy atom. The summed E-state index contributed by atoms with van der Waals surface area (Å²) in [4.78, 5) is 47.8. The van der Waals surface area contributed by atoms with Crippen LogP contribution >= 0.6 is 0 Å². The molecular formula is C64H110O8. The van der Waals surface area contributed by atoms with Crippen LogP contribution in [0.5, 0.6) is 0 Å². The van der Waals surface area contributed by atoms with Crippen molar-refractivity contribution < 1.29 is 38.1 Å². The third-order valence-corrected chi connectivity index (χ3v) is 14.2. The van der Waals surface area contributed by atoms with Crippen LogP contribution in [0.2, 0.25) is 0 Å². The number of hydrogen-bond acceptors (Lipinski definition) is 8. The van der Waals surface area contributed by atoms with Gasteiger partial charge in [0.2, 0.25) is 0 Å². The molecule has 0 aromatic heterocycles. The second-order valence-corrected chi connectivity index (χ2v) is 20.8. The van der Waals surface area contributed by atoms with Crippen LogP contribution in [-0.4, -0.2) is 50.3 Å². The van der Waals surface area contributed by atoms with Crippen LogP contribution in [0.1, 0.15) is 316 Å². The van der Waals surface area contributed by atoms with Crippen molar-refractivity contribution in [2.75, 3.05) is 26.4 Å². The van der Waals surface area contributed by atoms with Crippen LogP contribution in [0.3, 0.4) is 0 Å². The maximum absolute atomic E-state index is 12.9. The summed E-state index contributed by atoms with van der Waals surface area (Å²) in [5.41, 5.74) is 0.597. The molecule has 0 amide bonds. The van der Waals surface area contributed by atoms with Gasteiger partial charge in [-0.2, -0.15) is 0 Å². The van der Waals surface area contributed by atoms with E-state index in [1.54, 1.807) is 24.3 Å². The molecule has 1 aromatic rings. The maximum atomic E-state index is 12.9. The number of hydrogen-bond donors (Lipinski definition) is 0. The summed E-state index contributed by atoms with van der Waals surface area (Å²) in [5, 5.41) is 0. The molecule has 1 rings (SSSR count). The van der Waals surface area contributed by atoms with Gasteiger partial charge >= 0.3 is 23.9 Å². The Balaban J connectivity index is 1.85. The summed E-state index contributed by atoms with van der Waals surface area (Å²) >= 11 is 0. The lowest BCUT2D eigenvalue weighted by Crippen LogP contribution is -2.15. The van der Waals surface area contributed by atoms with E-state index in [2.05, 4.69) is 13.2 Å². The SMILES string of the molecule is C=CC(=O)OCCCCCCCCCCCCCCCCCCCCCCCCCOC(=O)c1ccccc1C(=O)OCCCCCCCCCCCCCCCCCCCCCCCCCOC(=O)C=C. The Hall–Kier alpha value is -3.42. The summed E-state index contributed by atoms with van der Waals surface area (Å²) in [7, 11) is 0. The number of unbranched alkanes of at least 4 members (excludes halogenated alkanes) is 44. The molecule has 0 saturated carbocycles. The zero-order valence-electron chi connectivity index (χ0n) is 46.5. The number of benzene rings is 1. The smallest absolute Gasteiger partial charge is 0.339 e. The first-order chi connectivity index (χ1) is 35.5. The molecule has 72 heavy (non-hydrogen) atoms. The van der Waals surface area contributed by atoms with Crippen molar-refractivity contribution in [3.05, 3.63) is 60.7 Å². The molecule has 0 aliphatic carbocycles. The summed E-state index contributed by atoms with van der Waals surface area (Å²) in [6.45, 7) is 8.65. The van der Waals surface area contributed by atoms with E-state index in [4.69, 9.17) is 18.9 Å². The quantitative estimate of drug-likeness (QED) is 0.0275. The van der Waals surface area contributed by atoms with Crippen molar-refractivity contribution >= 4 is 23.9 Å². The molecule has 0 saturated heterocycles. The zero-order chi connectivity index (χ0) is 51.9. The fraction of sp³-hybridized carbons (Fsp3) is 0.781. The number of rotatable bonds is 56. The molecule has 0 bridgehead atoms. The number of carbonyl (C=O) groups is 4. The Morgan fingerprint density at radius 1 is 0.264 bits per heavy atom. The molecule has 0 atom stereocenters. The minimum Gasteiger partial charge on any atom is -0.463 e. The highest BCUT2D eigenvalue weighted by molar-refractivity contribution is 6.03. The van der Waals surface area contributed by atoms with Crippen molar-refractivity contribution in [3.8, 4) is 0 Å². The van der Waals surface area contributed by atoms with Crippen LogP contribution in [0, 0.1) is 0 Å². The van der Waals surface area contributed by atoms with E-state index in [9.17, 15) is 19.2 Å². The average Bonchev–Trinajstić information content (AvgIpc) is 3.39. The van der Waals surface area contributed by atoms with Gasteiger partial charge in [-0.25, -0.2) is 19.2 Å². The Bertz CT molecular complexity index is 1320. The van der Waals surface area contributed by atoms with E-state index >= 15 is 0 Å². The molecule has 0 fully saturated rings. The minimum absolute atomic E-state index is 0.299. The van der Waals surface area contributed by atoms with Crippen LogP contribution < -0.4 is 0 Å². The Morgan fingerprint density at radius 3 is 0.583 bits per heavy atom. The van der Waals surface area contributed by atoms with Gasteiger partial charge in [0.05, 0.1) is 37.6 Å². The van der Waals surface area contributed by atoms with Gasteiger partial charge in [-0.3, -0.25) is 0 Å². The molecular weight excluding hydrogens is 897 g/mol. The first kappa shape index (κ1) is 66.6. The highest BCUT2D eigenvalue weighted by Crippen LogP contribution is 2.19. The van der Waals surface area contributed by atoms with Crippen LogP contribution in [-0.2, 0) is 28.5 Å². The van der Waals surface area contributed by atoms with Crippen molar-refractivity contribution in [3.63, 3.8) is 0 Å². The first-order valence-electron chi connectivity index (χ1n) is 30.5. The lowest BCUT2D eigenvalue weighted by molar-refractivity contribution is -0.138. The summed E-state index contributed by atoms with van der Waals surface area (Å²) in [6.07, 6.45) is 61.4. The van der Waals surface area contributed by atoms with E-state index in [1.807, 2.05) is 0 Å². The molecule has 8 heteroatoms. The molecule has 0 unspecified atom stereocenters. The summed E-state index contributed by atoms with van der Waals surface area (Å²) in [5.74, 6) is -1.50. The first-order valence-corrected chi connectivity index (χ1v) is 30.5. The average molecular weight is 1010 g/mol. The van der Waals surface area contributed by atoms with E-state index < -0.39 is 11.9 Å². The van der Waals surface area contributed by atoms with Gasteiger partial charge in [0, 0.05) is 12.2 Å². The molecule has 0 heterocycles. The Labute approximate surface area is 442 Å². The van der Waals surface area contributed by atoms with E-state index in [-0.39, 0.29) is 11.9 Å². The van der Waals surface area contributed by atoms with Gasteiger partial charge in [-0.05, 0) is 37.8 Å². The summed E-state index contributed by atoms with van der Waals surface area (Å²) < 4.78 is 21.2. The van der Waals surface area contributed by atoms with Crippen molar-refractivity contribution in [1.82, 2.24) is 0 Å². The van der Waals surface area contributed by atoms with Gasteiger partial charge in [-0.1, -0.05) is 295 Å². The standard InChI is InChI=1S/C64H110O8/c1-3-61(65)69-55-49-43-39-35-31-27-23-19-15-11-7-5-9-13-17-21-25-29-33-37-41-45-51-57-71-63(67)59-53-47-48-54-60(59)64(68)72-58-52-46-42-38-34-30-26-22-18-14-10-6-8-12-16-20-24-28-32-36-40-44-50-56-70-62(66)4-2/h3-4,47-48,53-54H,1-2,5-46,49-52,55-58H2. The monoisotopic (exact) mass is 1010 g/mol. The largest absolute Gasteiger partial charge is 0.463 e. The fourth-order valence-corrected chi connectivity index (χ4v) is 9.62. The number of esters is 4. The third kappa shape index (κ3) is 45.2. The van der Waals surface area contributed by atoms with Gasteiger partial charge in [0.1, 0.15) is 0 Å². The Kier molecular flexibility index (Phi) is 49.8. The molecule has 0 spiro atoms. The zero-order valence-corrected chi connectivity index (χ0v) is 46.5. The van der Waals surface area contributed by atoms with Gasteiger partial charge in [0.25, 0.3) is 0 Å². The molecule has 8 nitrogen and oxygen atoms in total. The van der Waals surface area contributed by atoms with Crippen molar-refractivity contribution in [2.45, 2.75) is 295 Å². The molecule has 0 radical (unpaired) electrons. The third-order valence-electron chi connectivity index (χ3n) is 14.2. The second-order valence-electron chi connectivity index (χ2n) is 20.8. The lowest BCUT2D eigenvalue weighted by atomic mass is 10.0. The molecule has 0 aliphatic heterocycles.